The number of halogens is 1. The van der Waals surface area contributed by atoms with Gasteiger partial charge in [0.2, 0.25) is 11.8 Å². The lowest BCUT2D eigenvalue weighted by atomic mass is 10.1. The molecule has 208 valence electrons. The minimum Gasteiger partial charge on any atom is -0.354 e. The quantitative estimate of drug-likeness (QED) is 0.292. The number of amides is 2. The lowest BCUT2D eigenvalue weighted by Gasteiger charge is -2.32. The maximum atomic E-state index is 13.9. The Morgan fingerprint density at radius 3 is 2.03 bits per heavy atom. The Morgan fingerprint density at radius 1 is 0.897 bits per heavy atom. The smallest absolute Gasteiger partial charge is 0.264 e. The zero-order valence-corrected chi connectivity index (χ0v) is 24.4. The first-order valence-electron chi connectivity index (χ1n) is 13.0. The van der Waals surface area contributed by atoms with Gasteiger partial charge < -0.3 is 10.2 Å². The van der Waals surface area contributed by atoms with E-state index in [1.807, 2.05) is 20.8 Å². The topological polar surface area (TPSA) is 86.8 Å². The third-order valence-corrected chi connectivity index (χ3v) is 8.51. The summed E-state index contributed by atoms with van der Waals surface area (Å²) < 4.78 is 28.8. The number of benzene rings is 3. The number of carbonyl (C=O) groups excluding carboxylic acids is 2. The molecular weight excluding hydrogens is 534 g/mol. The lowest BCUT2D eigenvalue weighted by molar-refractivity contribution is -0.139. The van der Waals surface area contributed by atoms with Crippen LogP contribution in [0.2, 0.25) is 5.02 Å². The summed E-state index contributed by atoms with van der Waals surface area (Å²) in [7, 11) is -4.09. The summed E-state index contributed by atoms with van der Waals surface area (Å²) in [5.74, 6) is -0.798. The zero-order chi connectivity index (χ0) is 28.6. The molecule has 0 aliphatic carbocycles. The van der Waals surface area contributed by atoms with E-state index >= 15 is 0 Å². The van der Waals surface area contributed by atoms with Crippen molar-refractivity contribution in [2.45, 2.75) is 58.0 Å². The number of nitrogens with zero attached hydrogens (tertiary/aromatic N) is 2. The van der Waals surface area contributed by atoms with E-state index in [1.165, 1.54) is 17.0 Å². The molecule has 1 atom stereocenters. The Morgan fingerprint density at radius 2 is 1.46 bits per heavy atom. The maximum Gasteiger partial charge on any atom is 0.264 e. The van der Waals surface area contributed by atoms with E-state index in [0.29, 0.717) is 17.3 Å². The molecule has 0 aliphatic heterocycles. The van der Waals surface area contributed by atoms with Crippen LogP contribution in [0.4, 0.5) is 5.69 Å². The van der Waals surface area contributed by atoms with E-state index in [2.05, 4.69) is 5.32 Å². The number of aryl methyl sites for hydroxylation is 2. The van der Waals surface area contributed by atoms with Gasteiger partial charge in [-0.1, -0.05) is 72.5 Å². The second-order valence-electron chi connectivity index (χ2n) is 9.63. The van der Waals surface area contributed by atoms with E-state index < -0.39 is 28.5 Å². The summed E-state index contributed by atoms with van der Waals surface area (Å²) >= 11 is 6.04. The molecule has 9 heteroatoms. The van der Waals surface area contributed by atoms with Gasteiger partial charge in [-0.2, -0.15) is 0 Å². The highest BCUT2D eigenvalue weighted by atomic mass is 35.5. The van der Waals surface area contributed by atoms with Crippen LogP contribution in [0.25, 0.3) is 0 Å². The van der Waals surface area contributed by atoms with Crippen molar-refractivity contribution in [3.8, 4) is 0 Å². The highest BCUT2D eigenvalue weighted by molar-refractivity contribution is 7.92. The van der Waals surface area contributed by atoms with E-state index in [9.17, 15) is 18.0 Å². The number of nitrogens with one attached hydrogen (secondary N) is 1. The minimum absolute atomic E-state index is 0.0797. The Hall–Kier alpha value is -3.36. The molecule has 3 rings (SSSR count). The van der Waals surface area contributed by atoms with Crippen molar-refractivity contribution in [1.29, 1.82) is 0 Å². The first kappa shape index (κ1) is 30.2. The Labute approximate surface area is 236 Å². The second kappa shape index (κ2) is 13.6. The predicted octanol–water partition coefficient (Wildman–Crippen LogP) is 5.49. The van der Waals surface area contributed by atoms with Crippen molar-refractivity contribution in [2.75, 3.05) is 17.4 Å². The highest BCUT2D eigenvalue weighted by Gasteiger charge is 2.32. The fourth-order valence-electron chi connectivity index (χ4n) is 3.98. The molecule has 0 radical (unpaired) electrons. The van der Waals surface area contributed by atoms with Gasteiger partial charge in [0.25, 0.3) is 10.0 Å². The fourth-order valence-corrected chi connectivity index (χ4v) is 5.52. The Kier molecular flexibility index (Phi) is 10.5. The summed E-state index contributed by atoms with van der Waals surface area (Å²) in [5.41, 5.74) is 3.01. The SMILES string of the molecule is CCCCNC(=O)[C@H](C)N(Cc1ccc(Cl)cc1)C(=O)CN(c1ccc(C)cc1)S(=O)(=O)c1ccc(C)cc1. The van der Waals surface area contributed by atoms with Crippen LogP contribution in [0.1, 0.15) is 43.4 Å². The molecule has 7 nitrogen and oxygen atoms in total. The largest absolute Gasteiger partial charge is 0.354 e. The van der Waals surface area contributed by atoms with Crippen molar-refractivity contribution in [2.24, 2.45) is 0 Å². The van der Waals surface area contributed by atoms with Gasteiger partial charge in [0.15, 0.2) is 0 Å². The standard InChI is InChI=1S/C30H36ClN3O4S/c1-5-6-19-32-30(36)24(4)33(20-25-11-13-26(31)14-12-25)29(35)21-34(27-15-7-22(2)8-16-27)39(37,38)28-17-9-23(3)10-18-28/h7-18,24H,5-6,19-21H2,1-4H3,(H,32,36)/t24-/m0/s1. The third-order valence-electron chi connectivity index (χ3n) is 6.47. The van der Waals surface area contributed by atoms with Crippen molar-refractivity contribution >= 4 is 39.1 Å². The predicted molar refractivity (Wildman–Crippen MR) is 156 cm³/mol. The maximum absolute atomic E-state index is 13.9. The summed E-state index contributed by atoms with van der Waals surface area (Å²) in [6, 6.07) is 19.6. The van der Waals surface area contributed by atoms with Gasteiger partial charge in [-0.25, -0.2) is 8.42 Å². The first-order valence-corrected chi connectivity index (χ1v) is 14.8. The van der Waals surface area contributed by atoms with E-state index in [1.54, 1.807) is 67.6 Å². The second-order valence-corrected chi connectivity index (χ2v) is 11.9. The molecule has 3 aromatic carbocycles. The van der Waals surface area contributed by atoms with Gasteiger partial charge in [-0.15, -0.1) is 0 Å². The van der Waals surface area contributed by atoms with Gasteiger partial charge in [0.1, 0.15) is 12.6 Å². The molecule has 0 aromatic heterocycles. The van der Waals surface area contributed by atoms with Crippen molar-refractivity contribution < 1.29 is 18.0 Å². The molecule has 2 amide bonds. The van der Waals surface area contributed by atoms with E-state index in [0.717, 1.165) is 33.8 Å². The highest BCUT2D eigenvalue weighted by Crippen LogP contribution is 2.25. The zero-order valence-electron chi connectivity index (χ0n) is 22.9. The van der Waals surface area contributed by atoms with Gasteiger partial charge in [-0.3, -0.25) is 13.9 Å². The summed E-state index contributed by atoms with van der Waals surface area (Å²) in [6.45, 7) is 7.60. The number of rotatable bonds is 12. The average Bonchev–Trinajstić information content (AvgIpc) is 2.91. The molecule has 1 N–H and O–H groups in total. The molecule has 3 aromatic rings. The van der Waals surface area contributed by atoms with Crippen molar-refractivity contribution in [3.05, 3.63) is 94.5 Å². The number of unbranched alkanes of at least 4 members (excludes halogenated alkanes) is 1. The molecule has 0 spiro atoms. The molecule has 0 unspecified atom stereocenters. The summed E-state index contributed by atoms with van der Waals surface area (Å²) in [5, 5.41) is 3.43. The molecule has 0 heterocycles. The first-order chi connectivity index (χ1) is 18.5. The van der Waals surface area contributed by atoms with Crippen LogP contribution in [-0.2, 0) is 26.2 Å². The number of hydrogen-bond acceptors (Lipinski definition) is 4. The van der Waals surface area contributed by atoms with Gasteiger partial charge in [0.05, 0.1) is 10.6 Å². The van der Waals surface area contributed by atoms with Crippen LogP contribution >= 0.6 is 11.6 Å². The monoisotopic (exact) mass is 569 g/mol. The molecule has 0 aliphatic rings. The van der Waals surface area contributed by atoms with Crippen molar-refractivity contribution in [3.63, 3.8) is 0 Å². The molecule has 0 fully saturated rings. The van der Waals surface area contributed by atoms with Gasteiger partial charge in [-0.05, 0) is 69.2 Å². The van der Waals surface area contributed by atoms with Crippen LogP contribution in [0, 0.1) is 13.8 Å². The van der Waals surface area contributed by atoms with E-state index in [-0.39, 0.29) is 17.3 Å². The van der Waals surface area contributed by atoms with Crippen LogP contribution < -0.4 is 9.62 Å². The van der Waals surface area contributed by atoms with Crippen LogP contribution in [0.5, 0.6) is 0 Å². The Balaban J connectivity index is 1.98. The lowest BCUT2D eigenvalue weighted by Crippen LogP contribution is -2.51. The van der Waals surface area contributed by atoms with Gasteiger partial charge >= 0.3 is 0 Å². The number of sulfonamides is 1. The van der Waals surface area contributed by atoms with E-state index in [4.69, 9.17) is 11.6 Å². The fraction of sp³-hybridized carbons (Fsp3) is 0.333. The normalized spacial score (nSPS) is 12.0. The third kappa shape index (κ3) is 8.07. The average molecular weight is 570 g/mol. The minimum atomic E-state index is -4.09. The molecule has 0 saturated heterocycles. The Bertz CT molecular complexity index is 1360. The molecule has 0 saturated carbocycles. The summed E-state index contributed by atoms with van der Waals surface area (Å²) in [6.07, 6.45) is 1.74. The van der Waals surface area contributed by atoms with Crippen LogP contribution in [-0.4, -0.2) is 44.3 Å². The van der Waals surface area contributed by atoms with Gasteiger partial charge in [0, 0.05) is 18.1 Å². The summed E-state index contributed by atoms with van der Waals surface area (Å²) in [4.78, 5) is 28.4. The number of anilines is 1. The number of carbonyl (C=O) groups is 2. The van der Waals surface area contributed by atoms with Crippen molar-refractivity contribution in [1.82, 2.24) is 10.2 Å². The van der Waals surface area contributed by atoms with Crippen LogP contribution in [0.15, 0.2) is 77.7 Å². The van der Waals surface area contributed by atoms with Crippen LogP contribution in [0.3, 0.4) is 0 Å². The molecular formula is C30H36ClN3O4S. The number of hydrogen-bond donors (Lipinski definition) is 1. The molecule has 0 bridgehead atoms. The molecule has 39 heavy (non-hydrogen) atoms.